The van der Waals surface area contributed by atoms with Crippen molar-refractivity contribution in [1.82, 2.24) is 0 Å². The predicted molar refractivity (Wildman–Crippen MR) is 65.1 cm³/mol. The number of nitro groups is 1. The van der Waals surface area contributed by atoms with E-state index in [-0.39, 0.29) is 0 Å². The number of hydrogen-bond acceptors (Lipinski definition) is 4. The Hall–Kier alpha value is -1.70. The molecule has 8 heteroatoms. The molecule has 0 amide bonds. The van der Waals surface area contributed by atoms with Gasteiger partial charge in [-0.25, -0.2) is 8.78 Å². The molecule has 5 nitrogen and oxygen atoms in total. The summed E-state index contributed by atoms with van der Waals surface area (Å²) in [7, 11) is 0. The summed E-state index contributed by atoms with van der Waals surface area (Å²) in [4.78, 5) is 20.3. The average molecular weight is 291 g/mol. The van der Waals surface area contributed by atoms with E-state index in [4.69, 9.17) is 5.11 Å². The first kappa shape index (κ1) is 15.4. The van der Waals surface area contributed by atoms with Gasteiger partial charge in [0, 0.05) is 6.07 Å². The van der Waals surface area contributed by atoms with Crippen LogP contribution in [0.25, 0.3) is 0 Å². The van der Waals surface area contributed by atoms with Gasteiger partial charge in [-0.1, -0.05) is 13.8 Å². The van der Waals surface area contributed by atoms with Gasteiger partial charge >= 0.3 is 5.97 Å². The van der Waals surface area contributed by atoms with E-state index in [2.05, 4.69) is 0 Å². The van der Waals surface area contributed by atoms with Crippen molar-refractivity contribution in [2.24, 2.45) is 5.92 Å². The van der Waals surface area contributed by atoms with E-state index in [0.717, 1.165) is 6.07 Å². The summed E-state index contributed by atoms with van der Waals surface area (Å²) in [6.45, 7) is 3.16. The molecule has 104 valence electrons. The summed E-state index contributed by atoms with van der Waals surface area (Å²) in [6.07, 6.45) is 0. The molecular formula is C11H11F2NO4S. The van der Waals surface area contributed by atoms with Crippen LogP contribution >= 0.6 is 11.8 Å². The van der Waals surface area contributed by atoms with Crippen LogP contribution in [0.3, 0.4) is 0 Å². The van der Waals surface area contributed by atoms with Crippen LogP contribution in [0.4, 0.5) is 14.5 Å². The normalized spacial score (nSPS) is 12.5. The molecular weight excluding hydrogens is 280 g/mol. The number of thioether (sulfide) groups is 1. The van der Waals surface area contributed by atoms with Crippen LogP contribution in [-0.4, -0.2) is 21.2 Å². The zero-order valence-electron chi connectivity index (χ0n) is 10.1. The van der Waals surface area contributed by atoms with Crippen molar-refractivity contribution < 1.29 is 23.6 Å². The highest BCUT2D eigenvalue weighted by Crippen LogP contribution is 2.37. The van der Waals surface area contributed by atoms with Gasteiger partial charge < -0.3 is 5.11 Å². The highest BCUT2D eigenvalue weighted by molar-refractivity contribution is 8.00. The van der Waals surface area contributed by atoms with E-state index in [1.54, 1.807) is 13.8 Å². The summed E-state index contributed by atoms with van der Waals surface area (Å²) in [6, 6.07) is 1.46. The predicted octanol–water partition coefficient (Wildman–Crippen LogP) is 3.07. The Balaban J connectivity index is 3.28. The van der Waals surface area contributed by atoms with Gasteiger partial charge in [0.05, 0.1) is 4.92 Å². The maximum Gasteiger partial charge on any atom is 0.317 e. The van der Waals surface area contributed by atoms with E-state index in [1.165, 1.54) is 0 Å². The van der Waals surface area contributed by atoms with Gasteiger partial charge in [-0.3, -0.25) is 14.9 Å². The molecule has 0 bridgehead atoms. The third-order valence-electron chi connectivity index (χ3n) is 2.32. The van der Waals surface area contributed by atoms with E-state index in [1.807, 2.05) is 0 Å². The lowest BCUT2D eigenvalue weighted by Crippen LogP contribution is -2.22. The molecule has 0 aliphatic heterocycles. The summed E-state index contributed by atoms with van der Waals surface area (Å²) < 4.78 is 26.7. The Morgan fingerprint density at radius 3 is 2.42 bits per heavy atom. The number of benzene rings is 1. The fraction of sp³-hybridized carbons (Fsp3) is 0.364. The lowest BCUT2D eigenvalue weighted by Gasteiger charge is -2.16. The molecule has 1 aromatic rings. The Labute approximate surface area is 111 Å². The number of hydrogen-bond donors (Lipinski definition) is 1. The number of nitrogens with zero attached hydrogens (tertiary/aromatic N) is 1. The van der Waals surface area contributed by atoms with Gasteiger partial charge in [0.15, 0.2) is 11.6 Å². The zero-order chi connectivity index (χ0) is 14.7. The third kappa shape index (κ3) is 3.40. The van der Waals surface area contributed by atoms with E-state index in [9.17, 15) is 23.7 Å². The lowest BCUT2D eigenvalue weighted by molar-refractivity contribution is -0.388. The van der Waals surface area contributed by atoms with Gasteiger partial charge in [-0.2, -0.15) is 0 Å². The second-order valence-corrected chi connectivity index (χ2v) is 5.24. The minimum atomic E-state index is -1.40. The Morgan fingerprint density at radius 2 is 2.00 bits per heavy atom. The van der Waals surface area contributed by atoms with Gasteiger partial charge in [-0.05, 0) is 12.0 Å². The summed E-state index contributed by atoms with van der Waals surface area (Å²) >= 11 is 0.444. The van der Waals surface area contributed by atoms with Crippen LogP contribution in [0.1, 0.15) is 13.8 Å². The minimum Gasteiger partial charge on any atom is -0.480 e. The summed E-state index contributed by atoms with van der Waals surface area (Å²) in [5.74, 6) is -4.28. The number of rotatable bonds is 5. The van der Waals surface area contributed by atoms with Crippen molar-refractivity contribution in [3.63, 3.8) is 0 Å². The van der Waals surface area contributed by atoms with E-state index < -0.39 is 44.3 Å². The Kier molecular flexibility index (Phi) is 4.82. The summed E-state index contributed by atoms with van der Waals surface area (Å²) in [5, 5.41) is 18.6. The van der Waals surface area contributed by atoms with Crippen LogP contribution in [0.5, 0.6) is 0 Å². The molecule has 0 fully saturated rings. The lowest BCUT2D eigenvalue weighted by atomic mass is 10.1. The first-order chi connectivity index (χ1) is 8.75. The monoisotopic (exact) mass is 291 g/mol. The first-order valence-corrected chi connectivity index (χ1v) is 6.15. The Bertz CT molecular complexity index is 522. The number of carbonyl (C=O) groups is 1. The fourth-order valence-electron chi connectivity index (χ4n) is 1.38. The first-order valence-electron chi connectivity index (χ1n) is 5.27. The van der Waals surface area contributed by atoms with Crippen molar-refractivity contribution in [1.29, 1.82) is 0 Å². The standard InChI is InChI=1S/C11H11F2NO4S/c1-5(2)9(11(15)16)19-10-7(14(17)18)4-3-6(12)8(10)13/h3-5,9H,1-2H3,(H,15,16). The van der Waals surface area contributed by atoms with Crippen LogP contribution < -0.4 is 0 Å². The topological polar surface area (TPSA) is 80.4 Å². The number of halogens is 2. The molecule has 1 rings (SSSR count). The fourth-order valence-corrected chi connectivity index (χ4v) is 2.47. The third-order valence-corrected chi connectivity index (χ3v) is 3.94. The maximum absolute atomic E-state index is 13.6. The Morgan fingerprint density at radius 1 is 1.42 bits per heavy atom. The van der Waals surface area contributed by atoms with Crippen molar-refractivity contribution in [3.05, 3.63) is 33.9 Å². The zero-order valence-corrected chi connectivity index (χ0v) is 10.9. The highest BCUT2D eigenvalue weighted by atomic mass is 32.2. The van der Waals surface area contributed by atoms with Crippen LogP contribution in [0.2, 0.25) is 0 Å². The number of carboxylic acid groups (broad SMARTS) is 1. The second-order valence-electron chi connectivity index (χ2n) is 4.09. The molecule has 0 aliphatic rings. The molecule has 1 N–H and O–H groups in total. The number of nitro benzene ring substituents is 1. The average Bonchev–Trinajstić information content (AvgIpc) is 2.29. The molecule has 0 heterocycles. The van der Waals surface area contributed by atoms with Crippen molar-refractivity contribution >= 4 is 23.4 Å². The van der Waals surface area contributed by atoms with Crippen LogP contribution in [-0.2, 0) is 4.79 Å². The maximum atomic E-state index is 13.6. The van der Waals surface area contributed by atoms with Gasteiger partial charge in [0.1, 0.15) is 10.1 Å². The molecule has 0 aliphatic carbocycles. The van der Waals surface area contributed by atoms with Crippen molar-refractivity contribution in [2.45, 2.75) is 24.0 Å². The van der Waals surface area contributed by atoms with Crippen LogP contribution in [0.15, 0.2) is 17.0 Å². The summed E-state index contributed by atoms with van der Waals surface area (Å²) in [5.41, 5.74) is -0.643. The molecule has 1 aromatic carbocycles. The molecule has 0 saturated heterocycles. The molecule has 0 spiro atoms. The van der Waals surface area contributed by atoms with Crippen molar-refractivity contribution in [2.75, 3.05) is 0 Å². The number of aliphatic carboxylic acids is 1. The quantitative estimate of drug-likeness (QED) is 0.512. The van der Waals surface area contributed by atoms with Crippen molar-refractivity contribution in [3.8, 4) is 0 Å². The minimum absolute atomic E-state index is 0.398. The van der Waals surface area contributed by atoms with Gasteiger partial charge in [0.25, 0.3) is 5.69 Å². The van der Waals surface area contributed by atoms with Gasteiger partial charge in [-0.15, -0.1) is 11.8 Å². The van der Waals surface area contributed by atoms with E-state index >= 15 is 0 Å². The smallest absolute Gasteiger partial charge is 0.317 e. The van der Waals surface area contributed by atoms with E-state index in [0.29, 0.717) is 17.8 Å². The molecule has 0 saturated carbocycles. The SMILES string of the molecule is CC(C)C(Sc1c([N+](=O)[O-])ccc(F)c1F)C(=O)O. The second kappa shape index (κ2) is 5.96. The molecule has 0 radical (unpaired) electrons. The highest BCUT2D eigenvalue weighted by Gasteiger charge is 2.30. The molecule has 1 unspecified atom stereocenters. The molecule has 1 atom stereocenters. The van der Waals surface area contributed by atoms with Gasteiger partial charge in [0.2, 0.25) is 0 Å². The van der Waals surface area contributed by atoms with Crippen LogP contribution in [0, 0.1) is 27.7 Å². The molecule has 0 aromatic heterocycles. The largest absolute Gasteiger partial charge is 0.480 e. The molecule has 19 heavy (non-hydrogen) atoms. The number of carboxylic acids is 1.